The summed E-state index contributed by atoms with van der Waals surface area (Å²) in [6.07, 6.45) is 81.7. The minimum absolute atomic E-state index is 0.0636. The summed E-state index contributed by atoms with van der Waals surface area (Å²) in [7, 11) is 0. The molecule has 0 bridgehead atoms. The minimum atomic E-state index is -0.762. The average molecular weight is 1100 g/mol. The second-order valence-electron chi connectivity index (χ2n) is 24.5. The first kappa shape index (κ1) is 76.1. The fraction of sp³-hybridized carbons (Fsp3) is 0.931. The summed E-state index contributed by atoms with van der Waals surface area (Å²) in [5.41, 5.74) is 0. The molecule has 0 heterocycles. The number of carbonyl (C=O) groups is 3. The van der Waals surface area contributed by atoms with Gasteiger partial charge in [-0.15, -0.1) is 0 Å². The van der Waals surface area contributed by atoms with Crippen molar-refractivity contribution in [1.82, 2.24) is 0 Å². The molecule has 0 aromatic heterocycles. The lowest BCUT2D eigenvalue weighted by molar-refractivity contribution is -0.167. The Hall–Kier alpha value is -1.85. The van der Waals surface area contributed by atoms with Gasteiger partial charge in [0.2, 0.25) is 0 Å². The van der Waals surface area contributed by atoms with Crippen molar-refractivity contribution in [2.45, 2.75) is 419 Å². The largest absolute Gasteiger partial charge is 0.462 e. The smallest absolute Gasteiger partial charge is 0.306 e. The highest BCUT2D eigenvalue weighted by Gasteiger charge is 2.19. The van der Waals surface area contributed by atoms with Crippen LogP contribution in [0.4, 0.5) is 0 Å². The molecular weight excluding hydrogens is 961 g/mol. The first-order valence-electron chi connectivity index (χ1n) is 35.7. The van der Waals surface area contributed by atoms with E-state index in [0.29, 0.717) is 19.3 Å². The number of allylic oxidation sites excluding steroid dienone is 2. The topological polar surface area (TPSA) is 78.9 Å². The molecule has 1 atom stereocenters. The number of rotatable bonds is 67. The summed E-state index contributed by atoms with van der Waals surface area (Å²) in [5.74, 6) is -0.846. The van der Waals surface area contributed by atoms with Crippen LogP contribution in [0.2, 0.25) is 0 Å². The van der Waals surface area contributed by atoms with Crippen LogP contribution in [-0.4, -0.2) is 37.2 Å². The van der Waals surface area contributed by atoms with Crippen LogP contribution in [0, 0.1) is 0 Å². The molecule has 0 aliphatic carbocycles. The summed E-state index contributed by atoms with van der Waals surface area (Å²) < 4.78 is 16.8. The Morgan fingerprint density at radius 1 is 0.244 bits per heavy atom. The van der Waals surface area contributed by atoms with Crippen LogP contribution in [0.5, 0.6) is 0 Å². The first-order valence-corrected chi connectivity index (χ1v) is 35.7. The van der Waals surface area contributed by atoms with Gasteiger partial charge in [0.15, 0.2) is 6.10 Å². The zero-order valence-electron chi connectivity index (χ0n) is 53.2. The van der Waals surface area contributed by atoms with Crippen molar-refractivity contribution in [2.75, 3.05) is 13.2 Å². The molecule has 0 aromatic carbocycles. The maximum atomic E-state index is 12.9. The lowest BCUT2D eigenvalue weighted by Crippen LogP contribution is -2.30. The van der Waals surface area contributed by atoms with Gasteiger partial charge in [0.1, 0.15) is 13.2 Å². The molecule has 0 aromatic rings. The van der Waals surface area contributed by atoms with E-state index in [1.54, 1.807) is 0 Å². The van der Waals surface area contributed by atoms with E-state index in [2.05, 4.69) is 32.9 Å². The number of hydrogen-bond acceptors (Lipinski definition) is 6. The van der Waals surface area contributed by atoms with Gasteiger partial charge in [-0.1, -0.05) is 360 Å². The van der Waals surface area contributed by atoms with Gasteiger partial charge in [0.25, 0.3) is 0 Å². The number of esters is 3. The second-order valence-corrected chi connectivity index (χ2v) is 24.5. The Labute approximate surface area is 488 Å². The van der Waals surface area contributed by atoms with Gasteiger partial charge in [-0.2, -0.15) is 0 Å². The maximum absolute atomic E-state index is 12.9. The van der Waals surface area contributed by atoms with Gasteiger partial charge in [-0.3, -0.25) is 14.4 Å². The normalized spacial score (nSPS) is 12.0. The summed E-state index contributed by atoms with van der Waals surface area (Å²) in [5, 5.41) is 0. The van der Waals surface area contributed by atoms with Gasteiger partial charge >= 0.3 is 17.9 Å². The Bertz CT molecular complexity index is 1210. The highest BCUT2D eigenvalue weighted by Crippen LogP contribution is 2.19. The van der Waals surface area contributed by atoms with Crippen molar-refractivity contribution in [2.24, 2.45) is 0 Å². The molecule has 6 nitrogen and oxygen atoms in total. The fourth-order valence-corrected chi connectivity index (χ4v) is 11.2. The SMILES string of the molecule is CCCCCCCCCC/C=C\CCCCCCCCCCCCCCCCCCCCCC(=O)OCC(COC(=O)CCCCCCC)OC(=O)CCCCCCCCCCCCCCCCCCCCCCCCCC. The summed E-state index contributed by atoms with van der Waals surface area (Å²) in [6.45, 7) is 6.64. The zero-order chi connectivity index (χ0) is 56.4. The van der Waals surface area contributed by atoms with Gasteiger partial charge in [-0.05, 0) is 44.9 Å². The van der Waals surface area contributed by atoms with Crippen LogP contribution in [0.15, 0.2) is 12.2 Å². The Morgan fingerprint density at radius 2 is 0.423 bits per heavy atom. The Morgan fingerprint density at radius 3 is 0.641 bits per heavy atom. The first-order chi connectivity index (χ1) is 38.5. The molecule has 462 valence electrons. The van der Waals surface area contributed by atoms with Gasteiger partial charge in [0, 0.05) is 19.3 Å². The monoisotopic (exact) mass is 1100 g/mol. The molecule has 0 saturated heterocycles. The van der Waals surface area contributed by atoms with Crippen molar-refractivity contribution >= 4 is 17.9 Å². The van der Waals surface area contributed by atoms with E-state index < -0.39 is 6.10 Å². The predicted octanol–water partition coefficient (Wildman–Crippen LogP) is 24.4. The molecule has 1 unspecified atom stereocenters. The molecule has 0 aliphatic rings. The van der Waals surface area contributed by atoms with Crippen LogP contribution in [0.1, 0.15) is 412 Å². The molecule has 0 aliphatic heterocycles. The Kier molecular flexibility index (Phi) is 66.0. The van der Waals surface area contributed by atoms with E-state index in [1.807, 2.05) is 0 Å². The minimum Gasteiger partial charge on any atom is -0.462 e. The quantitative estimate of drug-likeness (QED) is 0.0261. The van der Waals surface area contributed by atoms with Crippen LogP contribution in [0.3, 0.4) is 0 Å². The van der Waals surface area contributed by atoms with Crippen molar-refractivity contribution in [3.8, 4) is 0 Å². The van der Waals surface area contributed by atoms with E-state index in [9.17, 15) is 14.4 Å². The number of ether oxygens (including phenoxy) is 3. The fourth-order valence-electron chi connectivity index (χ4n) is 11.2. The predicted molar refractivity (Wildman–Crippen MR) is 340 cm³/mol. The summed E-state index contributed by atoms with van der Waals surface area (Å²) in [6, 6.07) is 0. The van der Waals surface area contributed by atoms with Crippen LogP contribution in [0.25, 0.3) is 0 Å². The lowest BCUT2D eigenvalue weighted by Gasteiger charge is -2.18. The molecule has 0 saturated carbocycles. The summed E-state index contributed by atoms with van der Waals surface area (Å²) >= 11 is 0. The third kappa shape index (κ3) is 65.0. The highest BCUT2D eigenvalue weighted by molar-refractivity contribution is 5.71. The number of carbonyl (C=O) groups excluding carboxylic acids is 3. The van der Waals surface area contributed by atoms with Crippen LogP contribution >= 0.6 is 0 Å². The molecule has 0 spiro atoms. The molecule has 0 radical (unpaired) electrons. The van der Waals surface area contributed by atoms with E-state index in [1.165, 1.54) is 308 Å². The third-order valence-electron chi connectivity index (χ3n) is 16.5. The second kappa shape index (κ2) is 67.7. The number of hydrogen-bond donors (Lipinski definition) is 0. The standard InChI is InChI=1S/C72H138O6/c1-4-7-10-13-15-17-19-21-23-25-27-29-31-33-34-35-36-37-38-39-41-42-44-46-48-50-52-54-56-59-62-65-71(74)77-68-69(67-76-70(73)64-61-58-12-9-6-3)78-72(75)66-63-60-57-55-53-51-49-47-45-43-40-32-30-28-26-24-22-20-18-16-14-11-8-5-2/h25,27,69H,4-24,26,28-68H2,1-3H3/b27-25-. The van der Waals surface area contributed by atoms with E-state index >= 15 is 0 Å². The van der Waals surface area contributed by atoms with Crippen molar-refractivity contribution in [3.05, 3.63) is 12.2 Å². The van der Waals surface area contributed by atoms with Gasteiger partial charge in [0.05, 0.1) is 0 Å². The van der Waals surface area contributed by atoms with Gasteiger partial charge < -0.3 is 14.2 Å². The zero-order valence-corrected chi connectivity index (χ0v) is 53.2. The maximum Gasteiger partial charge on any atom is 0.306 e. The molecule has 0 rings (SSSR count). The third-order valence-corrected chi connectivity index (χ3v) is 16.5. The van der Waals surface area contributed by atoms with Crippen molar-refractivity contribution < 1.29 is 28.6 Å². The van der Waals surface area contributed by atoms with Crippen molar-refractivity contribution in [3.63, 3.8) is 0 Å². The molecule has 0 amide bonds. The van der Waals surface area contributed by atoms with Crippen molar-refractivity contribution in [1.29, 1.82) is 0 Å². The average Bonchev–Trinajstić information content (AvgIpc) is 3.44. The van der Waals surface area contributed by atoms with E-state index in [0.717, 1.165) is 64.2 Å². The summed E-state index contributed by atoms with van der Waals surface area (Å²) in [4.78, 5) is 38.0. The molecular formula is C72H138O6. The highest BCUT2D eigenvalue weighted by atomic mass is 16.6. The molecule has 78 heavy (non-hydrogen) atoms. The lowest BCUT2D eigenvalue weighted by atomic mass is 10.0. The van der Waals surface area contributed by atoms with E-state index in [4.69, 9.17) is 14.2 Å². The van der Waals surface area contributed by atoms with Crippen LogP contribution in [-0.2, 0) is 28.6 Å². The van der Waals surface area contributed by atoms with Crippen LogP contribution < -0.4 is 0 Å². The van der Waals surface area contributed by atoms with Gasteiger partial charge in [-0.25, -0.2) is 0 Å². The molecule has 0 N–H and O–H groups in total. The molecule has 6 heteroatoms. The Balaban J connectivity index is 3.89. The van der Waals surface area contributed by atoms with E-state index in [-0.39, 0.29) is 31.1 Å². The number of unbranched alkanes of at least 4 members (excludes halogenated alkanes) is 54. The molecule has 0 fully saturated rings.